The zero-order valence-electron chi connectivity index (χ0n) is 18.8. The number of carbonyl (C=O) groups is 2. The molecular weight excluding hydrogens is 540 g/mol. The summed E-state index contributed by atoms with van der Waals surface area (Å²) in [6.45, 7) is 10.1. The molecule has 0 saturated heterocycles. The molecular formula is C24H30Br2N2O4. The van der Waals surface area contributed by atoms with Crippen LogP contribution in [0.1, 0.15) is 48.4 Å². The molecule has 0 unspecified atom stereocenters. The SMILES string of the molecule is CC(C)COc1ccc(C(=O)NCCNC(=O)c2ccc(OCC(C)C)c(Br)c2)cc1Br. The standard InChI is InChI=1S/C24H30Br2N2O4/c1-15(2)13-31-21-7-5-17(11-19(21)25)23(29)27-9-10-28-24(30)18-6-8-22(20(26)12-18)32-14-16(3)4/h5-8,11-12,15-16H,9-10,13-14H2,1-4H3,(H,27,29)(H,28,30). The highest BCUT2D eigenvalue weighted by atomic mass is 79.9. The lowest BCUT2D eigenvalue weighted by Crippen LogP contribution is -2.34. The molecule has 0 aliphatic carbocycles. The van der Waals surface area contributed by atoms with Crippen LogP contribution in [0.2, 0.25) is 0 Å². The third kappa shape index (κ3) is 8.47. The fraction of sp³-hybridized carbons (Fsp3) is 0.417. The van der Waals surface area contributed by atoms with Crippen molar-refractivity contribution in [3.05, 3.63) is 56.5 Å². The Bertz CT molecular complexity index is 857. The van der Waals surface area contributed by atoms with E-state index in [4.69, 9.17) is 9.47 Å². The number of amides is 2. The number of nitrogens with one attached hydrogen (secondary N) is 2. The van der Waals surface area contributed by atoms with Crippen molar-refractivity contribution in [2.24, 2.45) is 11.8 Å². The van der Waals surface area contributed by atoms with Gasteiger partial charge in [0.05, 0.1) is 22.2 Å². The van der Waals surface area contributed by atoms with Gasteiger partial charge in [0.15, 0.2) is 0 Å². The highest BCUT2D eigenvalue weighted by molar-refractivity contribution is 9.10. The lowest BCUT2D eigenvalue weighted by molar-refractivity contribution is 0.0927. The Kier molecular flexibility index (Phi) is 10.5. The quantitative estimate of drug-likeness (QED) is 0.353. The molecule has 0 fully saturated rings. The molecule has 0 saturated carbocycles. The van der Waals surface area contributed by atoms with E-state index >= 15 is 0 Å². The van der Waals surface area contributed by atoms with Crippen LogP contribution in [-0.2, 0) is 0 Å². The molecule has 0 aliphatic rings. The van der Waals surface area contributed by atoms with Crippen LogP contribution < -0.4 is 20.1 Å². The van der Waals surface area contributed by atoms with Gasteiger partial charge in [0, 0.05) is 24.2 Å². The van der Waals surface area contributed by atoms with Gasteiger partial charge in [-0.15, -0.1) is 0 Å². The lowest BCUT2D eigenvalue weighted by Gasteiger charge is -2.12. The van der Waals surface area contributed by atoms with Crippen molar-refractivity contribution in [2.45, 2.75) is 27.7 Å². The molecule has 0 bridgehead atoms. The van der Waals surface area contributed by atoms with Crippen molar-refractivity contribution in [3.8, 4) is 11.5 Å². The Balaban J connectivity index is 1.80. The summed E-state index contributed by atoms with van der Waals surface area (Å²) in [4.78, 5) is 24.7. The van der Waals surface area contributed by atoms with E-state index < -0.39 is 0 Å². The van der Waals surface area contributed by atoms with E-state index in [0.29, 0.717) is 60.8 Å². The number of hydrogen-bond acceptors (Lipinski definition) is 4. The lowest BCUT2D eigenvalue weighted by atomic mass is 10.2. The van der Waals surface area contributed by atoms with Gasteiger partial charge in [0.1, 0.15) is 11.5 Å². The Morgan fingerprint density at radius 1 is 0.750 bits per heavy atom. The van der Waals surface area contributed by atoms with E-state index in [1.54, 1.807) is 36.4 Å². The molecule has 0 radical (unpaired) electrons. The van der Waals surface area contributed by atoms with Gasteiger partial charge in [-0.05, 0) is 80.1 Å². The van der Waals surface area contributed by atoms with Crippen molar-refractivity contribution in [1.29, 1.82) is 0 Å². The molecule has 0 atom stereocenters. The summed E-state index contributed by atoms with van der Waals surface area (Å²) >= 11 is 6.89. The molecule has 6 nitrogen and oxygen atoms in total. The largest absolute Gasteiger partial charge is 0.492 e. The normalized spacial score (nSPS) is 10.9. The fourth-order valence-corrected chi connectivity index (χ4v) is 3.57. The third-order valence-corrected chi connectivity index (χ3v) is 5.47. The average Bonchev–Trinajstić information content (AvgIpc) is 2.74. The first kappa shape index (κ1) is 26.2. The van der Waals surface area contributed by atoms with E-state index in [0.717, 1.165) is 8.95 Å². The topological polar surface area (TPSA) is 76.7 Å². The van der Waals surface area contributed by atoms with E-state index in [1.165, 1.54) is 0 Å². The van der Waals surface area contributed by atoms with Crippen molar-refractivity contribution < 1.29 is 19.1 Å². The number of rotatable bonds is 11. The molecule has 0 aliphatic heterocycles. The summed E-state index contributed by atoms with van der Waals surface area (Å²) in [5.74, 6) is 1.80. The van der Waals surface area contributed by atoms with Crippen LogP contribution in [0.4, 0.5) is 0 Å². The van der Waals surface area contributed by atoms with E-state index in [9.17, 15) is 9.59 Å². The molecule has 2 rings (SSSR count). The van der Waals surface area contributed by atoms with Crippen LogP contribution in [-0.4, -0.2) is 38.1 Å². The van der Waals surface area contributed by atoms with Crippen LogP contribution in [0.25, 0.3) is 0 Å². The van der Waals surface area contributed by atoms with Gasteiger partial charge >= 0.3 is 0 Å². The second kappa shape index (κ2) is 12.8. The number of ether oxygens (including phenoxy) is 2. The van der Waals surface area contributed by atoms with Gasteiger partial charge in [-0.3, -0.25) is 9.59 Å². The highest BCUT2D eigenvalue weighted by Gasteiger charge is 2.12. The Morgan fingerprint density at radius 2 is 1.12 bits per heavy atom. The van der Waals surface area contributed by atoms with Gasteiger partial charge in [-0.2, -0.15) is 0 Å². The summed E-state index contributed by atoms with van der Waals surface area (Å²) in [6, 6.07) is 10.4. The minimum atomic E-state index is -0.218. The first-order chi connectivity index (χ1) is 15.2. The van der Waals surface area contributed by atoms with E-state index in [-0.39, 0.29) is 11.8 Å². The predicted molar refractivity (Wildman–Crippen MR) is 134 cm³/mol. The van der Waals surface area contributed by atoms with Gasteiger partial charge in [-0.1, -0.05) is 27.7 Å². The fourth-order valence-electron chi connectivity index (χ4n) is 2.59. The Morgan fingerprint density at radius 3 is 1.44 bits per heavy atom. The maximum absolute atomic E-state index is 12.4. The number of hydrogen-bond donors (Lipinski definition) is 2. The highest BCUT2D eigenvalue weighted by Crippen LogP contribution is 2.27. The summed E-state index contributed by atoms with van der Waals surface area (Å²) in [6.07, 6.45) is 0. The zero-order valence-corrected chi connectivity index (χ0v) is 22.0. The van der Waals surface area contributed by atoms with Gasteiger partial charge in [-0.25, -0.2) is 0 Å². The number of halogens is 2. The van der Waals surface area contributed by atoms with E-state index in [1.807, 2.05) is 0 Å². The van der Waals surface area contributed by atoms with Gasteiger partial charge in [0.2, 0.25) is 0 Å². The second-order valence-corrected chi connectivity index (χ2v) is 9.92. The molecule has 8 heteroatoms. The first-order valence-electron chi connectivity index (χ1n) is 10.6. The van der Waals surface area contributed by atoms with Crippen molar-refractivity contribution >= 4 is 43.7 Å². The molecule has 0 spiro atoms. The van der Waals surface area contributed by atoms with Crippen LogP contribution in [0.3, 0.4) is 0 Å². The van der Waals surface area contributed by atoms with Crippen LogP contribution >= 0.6 is 31.9 Å². The number of benzene rings is 2. The zero-order chi connectivity index (χ0) is 23.7. The third-order valence-electron chi connectivity index (χ3n) is 4.23. The van der Waals surface area contributed by atoms with Crippen molar-refractivity contribution in [2.75, 3.05) is 26.3 Å². The predicted octanol–water partition coefficient (Wildman–Crippen LogP) is 5.44. The Labute approximate surface area is 206 Å². The molecule has 0 aromatic heterocycles. The van der Waals surface area contributed by atoms with Gasteiger partial charge < -0.3 is 20.1 Å². The molecule has 174 valence electrons. The minimum absolute atomic E-state index is 0.218. The maximum Gasteiger partial charge on any atom is 0.251 e. The molecule has 32 heavy (non-hydrogen) atoms. The number of carbonyl (C=O) groups excluding carboxylic acids is 2. The average molecular weight is 570 g/mol. The molecule has 2 N–H and O–H groups in total. The minimum Gasteiger partial charge on any atom is -0.492 e. The molecule has 2 aromatic carbocycles. The van der Waals surface area contributed by atoms with E-state index in [2.05, 4.69) is 70.2 Å². The first-order valence-corrected chi connectivity index (χ1v) is 12.2. The molecule has 2 amide bonds. The maximum atomic E-state index is 12.4. The molecule has 2 aromatic rings. The summed E-state index contributed by atoms with van der Waals surface area (Å²) in [5.41, 5.74) is 1.03. The second-order valence-electron chi connectivity index (χ2n) is 8.21. The van der Waals surface area contributed by atoms with Crippen molar-refractivity contribution in [1.82, 2.24) is 10.6 Å². The van der Waals surface area contributed by atoms with Crippen LogP contribution in [0.15, 0.2) is 45.3 Å². The van der Waals surface area contributed by atoms with Crippen LogP contribution in [0.5, 0.6) is 11.5 Å². The summed E-state index contributed by atoms with van der Waals surface area (Å²) in [5, 5.41) is 5.61. The smallest absolute Gasteiger partial charge is 0.251 e. The summed E-state index contributed by atoms with van der Waals surface area (Å²) < 4.78 is 12.9. The monoisotopic (exact) mass is 568 g/mol. The van der Waals surface area contributed by atoms with Crippen LogP contribution in [0, 0.1) is 11.8 Å². The molecule has 0 heterocycles. The van der Waals surface area contributed by atoms with Gasteiger partial charge in [0.25, 0.3) is 11.8 Å². The Hall–Kier alpha value is -2.06. The van der Waals surface area contributed by atoms with Crippen molar-refractivity contribution in [3.63, 3.8) is 0 Å². The summed E-state index contributed by atoms with van der Waals surface area (Å²) in [7, 11) is 0.